The van der Waals surface area contributed by atoms with E-state index >= 15 is 0 Å². The van der Waals surface area contributed by atoms with Crippen LogP contribution in [-0.2, 0) is 4.79 Å². The molecular weight excluding hydrogens is 350 g/mol. The minimum Gasteiger partial charge on any atom is -0.479 e. The first-order valence-corrected chi connectivity index (χ1v) is 7.49. The van der Waals surface area contributed by atoms with Crippen molar-refractivity contribution in [1.82, 2.24) is 0 Å². The van der Waals surface area contributed by atoms with Gasteiger partial charge in [0.15, 0.2) is 17.2 Å². The molecule has 1 aromatic heterocycles. The van der Waals surface area contributed by atoms with Crippen molar-refractivity contribution in [3.05, 3.63) is 34.2 Å². The Morgan fingerprint density at radius 2 is 2.09 bits per heavy atom. The number of aliphatic carboxylic acids is 1. The number of anilines is 1. The van der Waals surface area contributed by atoms with E-state index in [2.05, 4.69) is 17.5 Å². The van der Waals surface area contributed by atoms with Crippen molar-refractivity contribution in [3.8, 4) is 16.2 Å². The number of thiol groups is 1. The number of benzene rings is 1. The maximum absolute atomic E-state index is 11.3. The molecule has 0 aliphatic rings. The quantitative estimate of drug-likeness (QED) is 0.590. The Balaban J connectivity index is 2.50. The molecule has 22 heavy (non-hydrogen) atoms. The number of hydrogen-bond donors (Lipinski definition) is 4. The van der Waals surface area contributed by atoms with Crippen LogP contribution in [0.3, 0.4) is 0 Å². The zero-order valence-electron chi connectivity index (χ0n) is 10.9. The van der Waals surface area contributed by atoms with Gasteiger partial charge in [0.25, 0.3) is 0 Å². The van der Waals surface area contributed by atoms with Crippen LogP contribution in [0.15, 0.2) is 24.3 Å². The summed E-state index contributed by atoms with van der Waals surface area (Å²) >= 11 is 11.0. The van der Waals surface area contributed by atoms with E-state index in [9.17, 15) is 14.7 Å². The van der Waals surface area contributed by atoms with Crippen LogP contribution in [0.5, 0.6) is 5.75 Å². The third-order valence-corrected chi connectivity index (χ3v) is 4.54. The van der Waals surface area contributed by atoms with E-state index in [0.717, 1.165) is 11.3 Å². The zero-order chi connectivity index (χ0) is 16.3. The highest BCUT2D eigenvalue weighted by Crippen LogP contribution is 2.45. The van der Waals surface area contributed by atoms with Crippen LogP contribution in [0.4, 0.5) is 5.69 Å². The fourth-order valence-electron chi connectivity index (χ4n) is 1.72. The number of ether oxygens (including phenoxy) is 1. The van der Waals surface area contributed by atoms with E-state index in [1.54, 1.807) is 24.3 Å². The molecule has 0 aliphatic carbocycles. The number of hydrogen-bond acceptors (Lipinski definition) is 6. The van der Waals surface area contributed by atoms with Gasteiger partial charge >= 0.3 is 11.9 Å². The summed E-state index contributed by atoms with van der Waals surface area (Å²) in [5.74, 6) is -2.59. The molecule has 6 nitrogen and oxygen atoms in total. The zero-order valence-corrected chi connectivity index (χ0v) is 13.3. The van der Waals surface area contributed by atoms with Crippen molar-refractivity contribution in [2.24, 2.45) is 0 Å². The average Bonchev–Trinajstić information content (AvgIpc) is 2.82. The summed E-state index contributed by atoms with van der Waals surface area (Å²) in [5.41, 5.74) is 1.37. The summed E-state index contributed by atoms with van der Waals surface area (Å²) in [7, 11) is 0. The van der Waals surface area contributed by atoms with Crippen molar-refractivity contribution in [2.75, 3.05) is 11.3 Å². The maximum Gasteiger partial charge on any atom is 0.349 e. The highest BCUT2D eigenvalue weighted by molar-refractivity contribution is 7.81. The summed E-state index contributed by atoms with van der Waals surface area (Å²) in [4.78, 5) is 22.2. The van der Waals surface area contributed by atoms with Crippen molar-refractivity contribution in [3.63, 3.8) is 0 Å². The van der Waals surface area contributed by atoms with Crippen LogP contribution < -0.4 is 9.46 Å². The third kappa shape index (κ3) is 3.46. The molecule has 0 aliphatic heterocycles. The molecule has 0 saturated heterocycles. The van der Waals surface area contributed by atoms with Crippen LogP contribution in [0.2, 0.25) is 5.02 Å². The summed E-state index contributed by atoms with van der Waals surface area (Å²) in [6, 6.07) is 7.01. The average molecular weight is 360 g/mol. The fraction of sp³-hybridized carbons (Fsp3) is 0.0769. The van der Waals surface area contributed by atoms with E-state index < -0.39 is 18.5 Å². The predicted octanol–water partition coefficient (Wildman–Crippen LogP) is 3.49. The second kappa shape index (κ2) is 6.91. The lowest BCUT2D eigenvalue weighted by atomic mass is 10.1. The van der Waals surface area contributed by atoms with Gasteiger partial charge in [-0.3, -0.25) is 0 Å². The Morgan fingerprint density at radius 3 is 2.68 bits per heavy atom. The Hall–Kier alpha value is -1.90. The molecule has 116 valence electrons. The van der Waals surface area contributed by atoms with Gasteiger partial charge in [0.2, 0.25) is 0 Å². The van der Waals surface area contributed by atoms with Gasteiger partial charge in [0.05, 0.1) is 4.88 Å². The summed E-state index contributed by atoms with van der Waals surface area (Å²) in [5, 5.41) is 17.9. The molecule has 2 aromatic rings. The van der Waals surface area contributed by atoms with Crippen LogP contribution >= 0.6 is 35.8 Å². The first-order valence-electron chi connectivity index (χ1n) is 5.84. The molecule has 0 unspecified atom stereocenters. The van der Waals surface area contributed by atoms with Crippen LogP contribution in [0.25, 0.3) is 10.4 Å². The molecule has 2 rings (SSSR count). The predicted molar refractivity (Wildman–Crippen MR) is 87.5 cm³/mol. The third-order valence-electron chi connectivity index (χ3n) is 2.60. The first-order chi connectivity index (χ1) is 10.4. The van der Waals surface area contributed by atoms with Gasteiger partial charge in [-0.05, 0) is 17.7 Å². The minimum atomic E-state index is -1.23. The normalized spacial score (nSPS) is 10.3. The molecule has 1 heterocycles. The highest BCUT2D eigenvalue weighted by atomic mass is 35.5. The van der Waals surface area contributed by atoms with Crippen molar-refractivity contribution in [1.29, 1.82) is 0 Å². The number of thiophene rings is 1. The molecule has 0 amide bonds. The Labute approximate surface area is 139 Å². The maximum atomic E-state index is 11.3. The number of halogens is 1. The number of aromatic carboxylic acids is 1. The summed E-state index contributed by atoms with van der Waals surface area (Å²) < 4.78 is 7.69. The summed E-state index contributed by atoms with van der Waals surface area (Å²) in [6.07, 6.45) is 0. The van der Waals surface area contributed by atoms with E-state index in [1.807, 2.05) is 0 Å². The summed E-state index contributed by atoms with van der Waals surface area (Å²) in [6.45, 7) is -0.672. The Morgan fingerprint density at radius 1 is 1.36 bits per heavy atom. The van der Waals surface area contributed by atoms with Crippen LogP contribution in [-0.4, -0.2) is 28.8 Å². The SMILES string of the molecule is O=C(O)COc1c(C(=O)O)sc(-c2cccc(NS)c2)c1Cl. The second-order valence-electron chi connectivity index (χ2n) is 4.08. The Bertz CT molecular complexity index is 731. The molecule has 0 bridgehead atoms. The number of rotatable bonds is 6. The van der Waals surface area contributed by atoms with E-state index in [4.69, 9.17) is 21.4 Å². The fourth-order valence-corrected chi connectivity index (χ4v) is 3.26. The van der Waals surface area contributed by atoms with Gasteiger partial charge in [0, 0.05) is 5.69 Å². The molecule has 9 heteroatoms. The molecule has 0 radical (unpaired) electrons. The lowest BCUT2D eigenvalue weighted by Crippen LogP contribution is -2.10. The van der Waals surface area contributed by atoms with Gasteiger partial charge < -0.3 is 19.7 Å². The second-order valence-corrected chi connectivity index (χ2v) is 5.71. The lowest BCUT2D eigenvalue weighted by molar-refractivity contribution is -0.139. The standard InChI is InChI=1S/C13H10ClNO5S2/c14-9-10(20-5-8(16)17)12(13(18)19)22-11(9)6-2-1-3-7(4-6)15-21/h1-4,15,21H,5H2,(H,16,17)(H,18,19). The van der Waals surface area contributed by atoms with E-state index in [-0.39, 0.29) is 15.6 Å². The van der Waals surface area contributed by atoms with Gasteiger partial charge in [-0.2, -0.15) is 0 Å². The molecule has 0 saturated carbocycles. The number of carbonyl (C=O) groups is 2. The van der Waals surface area contributed by atoms with Crippen molar-refractivity contribution >= 4 is 53.4 Å². The number of nitrogens with one attached hydrogen (secondary N) is 1. The van der Waals surface area contributed by atoms with Crippen LogP contribution in [0.1, 0.15) is 9.67 Å². The van der Waals surface area contributed by atoms with E-state index in [0.29, 0.717) is 16.1 Å². The highest BCUT2D eigenvalue weighted by Gasteiger charge is 2.24. The molecule has 0 spiro atoms. The molecule has 1 aromatic carbocycles. The molecule has 3 N–H and O–H groups in total. The smallest absolute Gasteiger partial charge is 0.349 e. The van der Waals surface area contributed by atoms with Gasteiger partial charge in [-0.25, -0.2) is 9.59 Å². The van der Waals surface area contributed by atoms with Crippen molar-refractivity contribution < 1.29 is 24.5 Å². The van der Waals surface area contributed by atoms with Gasteiger partial charge in [-0.1, -0.05) is 36.5 Å². The van der Waals surface area contributed by atoms with E-state index in [1.165, 1.54) is 0 Å². The van der Waals surface area contributed by atoms with Gasteiger partial charge in [-0.15, -0.1) is 11.3 Å². The Kier molecular flexibility index (Phi) is 5.17. The lowest BCUT2D eigenvalue weighted by Gasteiger charge is -2.04. The molecule has 0 atom stereocenters. The number of carboxylic acid groups (broad SMARTS) is 2. The number of carboxylic acids is 2. The van der Waals surface area contributed by atoms with Gasteiger partial charge in [0.1, 0.15) is 5.02 Å². The molecule has 0 fully saturated rings. The van der Waals surface area contributed by atoms with Crippen molar-refractivity contribution in [2.45, 2.75) is 0 Å². The topological polar surface area (TPSA) is 95.9 Å². The minimum absolute atomic E-state index is 0.0694. The monoisotopic (exact) mass is 359 g/mol. The molecular formula is C13H10ClNO5S2. The largest absolute Gasteiger partial charge is 0.479 e. The first kappa shape index (κ1) is 16.5. The van der Waals surface area contributed by atoms with Crippen LogP contribution in [0, 0.1) is 0 Å².